The van der Waals surface area contributed by atoms with E-state index in [4.69, 9.17) is 5.73 Å². The molecular weight excluding hydrogens is 138 g/mol. The van der Waals surface area contributed by atoms with Gasteiger partial charge in [-0.1, -0.05) is 0 Å². The molecule has 0 aliphatic carbocycles. The summed E-state index contributed by atoms with van der Waals surface area (Å²) in [5, 5.41) is 0. The average Bonchev–Trinajstić information content (AvgIpc) is 1.62. The molecule has 0 saturated carbocycles. The Morgan fingerprint density at radius 3 is 1.67 bits per heavy atom. The van der Waals surface area contributed by atoms with E-state index in [1.165, 1.54) is 0 Å². The van der Waals surface area contributed by atoms with Crippen LogP contribution >= 0.6 is 0 Å². The lowest BCUT2D eigenvalue weighted by atomic mass is 10.7. The van der Waals surface area contributed by atoms with Gasteiger partial charge < -0.3 is 18.1 Å². The van der Waals surface area contributed by atoms with E-state index in [0.717, 1.165) is 0 Å². The van der Waals surface area contributed by atoms with Gasteiger partial charge in [0, 0.05) is 7.05 Å². The topological polar surface area (TPSA) is 38.4 Å². The van der Waals surface area contributed by atoms with Gasteiger partial charge in [-0.25, -0.2) is 4.99 Å². The van der Waals surface area contributed by atoms with Gasteiger partial charge in [0.2, 0.25) is 0 Å². The first-order valence-electron chi connectivity index (χ1n) is 2.52. The Morgan fingerprint density at radius 1 is 1.33 bits per heavy atom. The number of hydrogen-bond donors (Lipinski definition) is 1. The van der Waals surface area contributed by atoms with Gasteiger partial charge in [0.1, 0.15) is 0 Å². The zero-order chi connectivity index (χ0) is 6.78. The molecule has 0 fully saturated rings. The van der Waals surface area contributed by atoms with E-state index in [9.17, 15) is 0 Å². The van der Waals surface area contributed by atoms with Crippen LogP contribution in [0.15, 0.2) is 4.99 Å². The largest absolute Gasteiger partial charge is 1.00 e. The van der Waals surface area contributed by atoms with Crippen molar-refractivity contribution >= 4 is 5.96 Å². The standard InChI is InChI=1S/C5H14N3.ClH/c1-7-5(6)8(2,3)4;/h1-4H3,(H2,6,7);1H/q+1;/p-1. The third kappa shape index (κ3) is 4.24. The smallest absolute Gasteiger partial charge is 0.294 e. The van der Waals surface area contributed by atoms with Gasteiger partial charge in [-0.3, -0.25) is 4.48 Å². The van der Waals surface area contributed by atoms with Crippen LogP contribution in [0.4, 0.5) is 0 Å². The minimum atomic E-state index is 0. The minimum Gasteiger partial charge on any atom is -1.00 e. The van der Waals surface area contributed by atoms with Gasteiger partial charge in [-0.15, -0.1) is 0 Å². The molecule has 0 atom stereocenters. The number of hydrogen-bond acceptors (Lipinski definition) is 1. The quantitative estimate of drug-likeness (QED) is 0.219. The molecule has 56 valence electrons. The van der Waals surface area contributed by atoms with Crippen LogP contribution in [-0.2, 0) is 0 Å². The van der Waals surface area contributed by atoms with E-state index in [2.05, 4.69) is 4.99 Å². The van der Waals surface area contributed by atoms with Gasteiger partial charge in [-0.05, 0) is 0 Å². The van der Waals surface area contributed by atoms with E-state index in [-0.39, 0.29) is 12.4 Å². The molecule has 4 heteroatoms. The molecule has 2 N–H and O–H groups in total. The third-order valence-corrected chi connectivity index (χ3v) is 0.916. The molecule has 0 aromatic rings. The molecule has 0 aromatic heterocycles. The molecule has 3 nitrogen and oxygen atoms in total. The summed E-state index contributed by atoms with van der Waals surface area (Å²) in [5.74, 6) is 0.644. The molecule has 0 heterocycles. The van der Waals surface area contributed by atoms with Gasteiger partial charge in [0.25, 0.3) is 5.96 Å². The maximum absolute atomic E-state index is 5.47. The second-order valence-corrected chi connectivity index (χ2v) is 2.59. The Morgan fingerprint density at radius 2 is 1.67 bits per heavy atom. The second-order valence-electron chi connectivity index (χ2n) is 2.59. The number of quaternary nitrogens is 1. The fraction of sp³-hybridized carbons (Fsp3) is 0.800. The highest BCUT2D eigenvalue weighted by Crippen LogP contribution is 1.86. The Kier molecular flexibility index (Phi) is 4.72. The molecule has 0 bridgehead atoms. The van der Waals surface area contributed by atoms with Gasteiger partial charge in [0.15, 0.2) is 0 Å². The third-order valence-electron chi connectivity index (χ3n) is 0.916. The van der Waals surface area contributed by atoms with Crippen molar-refractivity contribution < 1.29 is 16.9 Å². The van der Waals surface area contributed by atoms with Crippen molar-refractivity contribution in [1.29, 1.82) is 0 Å². The summed E-state index contributed by atoms with van der Waals surface area (Å²) in [6.45, 7) is 0. The summed E-state index contributed by atoms with van der Waals surface area (Å²) in [4.78, 5) is 3.83. The highest BCUT2D eigenvalue weighted by Gasteiger charge is 2.10. The fourth-order valence-electron chi connectivity index (χ4n) is 0.300. The van der Waals surface area contributed by atoms with E-state index >= 15 is 0 Å². The Labute approximate surface area is 62.6 Å². The molecule has 0 saturated heterocycles. The van der Waals surface area contributed by atoms with Crippen molar-refractivity contribution in [1.82, 2.24) is 0 Å². The van der Waals surface area contributed by atoms with Crippen LogP contribution in [0.25, 0.3) is 0 Å². The van der Waals surface area contributed by atoms with Gasteiger partial charge >= 0.3 is 0 Å². The molecule has 0 aliphatic rings. The average molecular weight is 152 g/mol. The first-order chi connectivity index (χ1) is 3.48. The predicted molar refractivity (Wildman–Crippen MR) is 35.6 cm³/mol. The lowest BCUT2D eigenvalue weighted by Gasteiger charge is -2.20. The number of nitrogens with two attached hydrogens (primary N) is 1. The highest BCUT2D eigenvalue weighted by molar-refractivity contribution is 5.70. The molecule has 9 heavy (non-hydrogen) atoms. The van der Waals surface area contributed by atoms with Crippen LogP contribution in [0.1, 0.15) is 0 Å². The molecule has 0 amide bonds. The van der Waals surface area contributed by atoms with Crippen LogP contribution in [0, 0.1) is 0 Å². The first-order valence-corrected chi connectivity index (χ1v) is 2.52. The van der Waals surface area contributed by atoms with Crippen LogP contribution in [0.3, 0.4) is 0 Å². The van der Waals surface area contributed by atoms with E-state index in [0.29, 0.717) is 10.4 Å². The molecular formula is C5H14ClN3. The second kappa shape index (κ2) is 3.69. The number of halogens is 1. The maximum atomic E-state index is 5.47. The maximum Gasteiger partial charge on any atom is 0.294 e. The Bertz CT molecular complexity index is 103. The van der Waals surface area contributed by atoms with Crippen molar-refractivity contribution in [3.8, 4) is 0 Å². The Hall–Kier alpha value is -0.280. The van der Waals surface area contributed by atoms with E-state index in [1.807, 2.05) is 21.1 Å². The van der Waals surface area contributed by atoms with Crippen molar-refractivity contribution in [3.63, 3.8) is 0 Å². The zero-order valence-electron chi connectivity index (χ0n) is 6.35. The molecule has 0 rings (SSSR count). The van der Waals surface area contributed by atoms with Crippen LogP contribution in [-0.4, -0.2) is 38.6 Å². The lowest BCUT2D eigenvalue weighted by Crippen LogP contribution is -3.00. The van der Waals surface area contributed by atoms with Gasteiger partial charge in [0.05, 0.1) is 21.1 Å². The molecule has 0 radical (unpaired) electrons. The van der Waals surface area contributed by atoms with E-state index in [1.54, 1.807) is 7.05 Å². The normalized spacial score (nSPS) is 12.7. The van der Waals surface area contributed by atoms with Crippen LogP contribution in [0.2, 0.25) is 0 Å². The van der Waals surface area contributed by atoms with E-state index < -0.39 is 0 Å². The summed E-state index contributed by atoms with van der Waals surface area (Å²) in [6, 6.07) is 0. The van der Waals surface area contributed by atoms with Crippen LogP contribution in [0.5, 0.6) is 0 Å². The number of nitrogens with zero attached hydrogens (tertiary/aromatic N) is 2. The summed E-state index contributed by atoms with van der Waals surface area (Å²) < 4.78 is 0.608. The fourth-order valence-corrected chi connectivity index (χ4v) is 0.300. The minimum absolute atomic E-state index is 0. The molecule has 0 spiro atoms. The molecule has 0 aromatic carbocycles. The predicted octanol–water partition coefficient (Wildman–Crippen LogP) is -3.36. The van der Waals surface area contributed by atoms with Crippen molar-refractivity contribution in [2.75, 3.05) is 28.2 Å². The number of guanidine groups is 1. The van der Waals surface area contributed by atoms with Crippen LogP contribution < -0.4 is 18.1 Å². The summed E-state index contributed by atoms with van der Waals surface area (Å²) in [6.07, 6.45) is 0. The monoisotopic (exact) mass is 151 g/mol. The Balaban J connectivity index is 0. The molecule has 0 unspecified atom stereocenters. The highest BCUT2D eigenvalue weighted by atomic mass is 35.5. The van der Waals surface area contributed by atoms with Crippen molar-refractivity contribution in [3.05, 3.63) is 0 Å². The number of rotatable bonds is 0. The summed E-state index contributed by atoms with van der Waals surface area (Å²) in [7, 11) is 7.62. The summed E-state index contributed by atoms with van der Waals surface area (Å²) in [5.41, 5.74) is 5.47. The lowest BCUT2D eigenvalue weighted by molar-refractivity contribution is -0.778. The van der Waals surface area contributed by atoms with Crippen molar-refractivity contribution in [2.24, 2.45) is 10.7 Å². The van der Waals surface area contributed by atoms with Gasteiger partial charge in [-0.2, -0.15) is 0 Å². The zero-order valence-corrected chi connectivity index (χ0v) is 7.11. The number of aliphatic imine (C=N–C) groups is 1. The summed E-state index contributed by atoms with van der Waals surface area (Å²) >= 11 is 0. The first kappa shape index (κ1) is 11.5. The SMILES string of the molecule is CN=C(N)[N+](C)(C)C.[Cl-]. The van der Waals surface area contributed by atoms with Crippen molar-refractivity contribution in [2.45, 2.75) is 0 Å². The molecule has 0 aliphatic heterocycles.